The first kappa shape index (κ1) is 13.8. The predicted molar refractivity (Wildman–Crippen MR) is 77.8 cm³/mol. The fourth-order valence-electron chi connectivity index (χ4n) is 2.10. The molecular weight excluding hydrogens is 260 g/mol. The molecule has 1 aromatic heterocycles. The molecule has 0 aliphatic carbocycles. The minimum Gasteiger partial charge on any atom is -0.495 e. The third-order valence-corrected chi connectivity index (χ3v) is 3.32. The molecule has 4 heteroatoms. The minimum atomic E-state index is -0.00310. The van der Waals surface area contributed by atoms with E-state index in [1.165, 1.54) is 0 Å². The highest BCUT2D eigenvalue weighted by Crippen LogP contribution is 2.32. The number of aromatic nitrogens is 1. The molecule has 0 radical (unpaired) electrons. The molecule has 19 heavy (non-hydrogen) atoms. The molecule has 0 bridgehead atoms. The quantitative estimate of drug-likeness (QED) is 0.908. The van der Waals surface area contributed by atoms with E-state index in [1.807, 2.05) is 30.3 Å². The Hall–Kier alpha value is -1.58. The Balaban J connectivity index is 2.49. The minimum absolute atomic E-state index is 0.00310. The van der Waals surface area contributed by atoms with E-state index in [4.69, 9.17) is 16.3 Å². The second-order valence-electron chi connectivity index (χ2n) is 4.13. The molecule has 3 nitrogen and oxygen atoms in total. The maximum Gasteiger partial charge on any atom is 0.142 e. The van der Waals surface area contributed by atoms with E-state index in [2.05, 4.69) is 17.2 Å². The average molecular weight is 277 g/mol. The number of methoxy groups -OCH3 is 1. The monoisotopic (exact) mass is 276 g/mol. The van der Waals surface area contributed by atoms with Gasteiger partial charge in [0.05, 0.1) is 19.3 Å². The number of nitrogens with zero attached hydrogens (tertiary/aromatic N) is 1. The second kappa shape index (κ2) is 6.55. The van der Waals surface area contributed by atoms with Crippen molar-refractivity contribution < 1.29 is 4.74 Å². The third kappa shape index (κ3) is 3.06. The molecule has 0 fully saturated rings. The number of rotatable bonds is 5. The number of halogens is 1. The lowest BCUT2D eigenvalue weighted by Crippen LogP contribution is -2.23. The van der Waals surface area contributed by atoms with Crippen molar-refractivity contribution in [1.82, 2.24) is 10.3 Å². The van der Waals surface area contributed by atoms with E-state index in [1.54, 1.807) is 19.5 Å². The molecule has 1 atom stereocenters. The van der Waals surface area contributed by atoms with Crippen LogP contribution in [-0.4, -0.2) is 18.6 Å². The number of benzene rings is 1. The van der Waals surface area contributed by atoms with Gasteiger partial charge in [0.1, 0.15) is 5.75 Å². The van der Waals surface area contributed by atoms with Gasteiger partial charge >= 0.3 is 0 Å². The van der Waals surface area contributed by atoms with Crippen LogP contribution in [0.4, 0.5) is 0 Å². The van der Waals surface area contributed by atoms with Crippen LogP contribution in [0.2, 0.25) is 5.02 Å². The first-order chi connectivity index (χ1) is 9.27. The highest BCUT2D eigenvalue weighted by molar-refractivity contribution is 6.31. The lowest BCUT2D eigenvalue weighted by atomic mass is 9.98. The van der Waals surface area contributed by atoms with E-state index < -0.39 is 0 Å². The summed E-state index contributed by atoms with van der Waals surface area (Å²) in [5, 5.41) is 4.18. The summed E-state index contributed by atoms with van der Waals surface area (Å²) in [6.07, 6.45) is 3.48. The zero-order valence-electron chi connectivity index (χ0n) is 11.1. The number of ether oxygens (including phenoxy) is 1. The number of pyridine rings is 1. The summed E-state index contributed by atoms with van der Waals surface area (Å²) in [5.41, 5.74) is 2.07. The molecule has 2 aromatic rings. The Kier molecular flexibility index (Phi) is 4.77. The van der Waals surface area contributed by atoms with Crippen LogP contribution >= 0.6 is 11.6 Å². The summed E-state index contributed by atoms with van der Waals surface area (Å²) in [7, 11) is 1.65. The molecule has 1 heterocycles. The Labute approximate surface area is 118 Å². The van der Waals surface area contributed by atoms with Gasteiger partial charge in [-0.1, -0.05) is 36.7 Å². The summed E-state index contributed by atoms with van der Waals surface area (Å²) >= 11 is 6.30. The maximum atomic E-state index is 6.30. The van der Waals surface area contributed by atoms with E-state index in [0.717, 1.165) is 28.4 Å². The molecule has 100 valence electrons. The average Bonchev–Trinajstić information content (AvgIpc) is 2.46. The van der Waals surface area contributed by atoms with Crippen LogP contribution < -0.4 is 10.1 Å². The summed E-state index contributed by atoms with van der Waals surface area (Å²) < 4.78 is 5.39. The second-order valence-corrected chi connectivity index (χ2v) is 4.54. The smallest absolute Gasteiger partial charge is 0.142 e. The fraction of sp³-hybridized carbons (Fsp3) is 0.267. The van der Waals surface area contributed by atoms with Gasteiger partial charge in [-0.2, -0.15) is 0 Å². The van der Waals surface area contributed by atoms with Crippen molar-refractivity contribution in [3.05, 3.63) is 58.9 Å². The predicted octanol–water partition coefficient (Wildman–Crippen LogP) is 3.44. The van der Waals surface area contributed by atoms with Gasteiger partial charge in [0.15, 0.2) is 0 Å². The van der Waals surface area contributed by atoms with Gasteiger partial charge in [-0.25, -0.2) is 0 Å². The van der Waals surface area contributed by atoms with Gasteiger partial charge < -0.3 is 10.1 Å². The van der Waals surface area contributed by atoms with E-state index in [0.29, 0.717) is 0 Å². The maximum absolute atomic E-state index is 6.30. The third-order valence-electron chi connectivity index (χ3n) is 2.97. The van der Waals surface area contributed by atoms with Crippen molar-refractivity contribution in [2.24, 2.45) is 0 Å². The van der Waals surface area contributed by atoms with Crippen molar-refractivity contribution in [1.29, 1.82) is 0 Å². The number of hydrogen-bond acceptors (Lipinski definition) is 3. The normalized spacial score (nSPS) is 12.2. The Morgan fingerprint density at radius 3 is 2.74 bits per heavy atom. The van der Waals surface area contributed by atoms with Gasteiger partial charge in [0.25, 0.3) is 0 Å². The molecule has 1 aromatic carbocycles. The number of hydrogen-bond donors (Lipinski definition) is 1. The van der Waals surface area contributed by atoms with Crippen molar-refractivity contribution in [3.63, 3.8) is 0 Å². The van der Waals surface area contributed by atoms with Gasteiger partial charge in [0.2, 0.25) is 0 Å². The lowest BCUT2D eigenvalue weighted by Gasteiger charge is -2.21. The van der Waals surface area contributed by atoms with E-state index >= 15 is 0 Å². The van der Waals surface area contributed by atoms with Crippen LogP contribution in [0.15, 0.2) is 42.7 Å². The number of nitrogens with one attached hydrogen (secondary N) is 1. The van der Waals surface area contributed by atoms with Crippen molar-refractivity contribution in [2.75, 3.05) is 13.7 Å². The highest BCUT2D eigenvalue weighted by Gasteiger charge is 2.19. The Morgan fingerprint density at radius 1 is 1.26 bits per heavy atom. The standard InChI is InChI=1S/C15H17ClN2O/c1-3-18-15(11-6-4-5-7-13(11)16)12-8-9-17-10-14(12)19-2/h4-10,15,18H,3H2,1-2H3. The first-order valence-electron chi connectivity index (χ1n) is 6.23. The topological polar surface area (TPSA) is 34.2 Å². The molecule has 0 saturated heterocycles. The van der Waals surface area contributed by atoms with Crippen LogP contribution in [0.3, 0.4) is 0 Å². The molecule has 0 aliphatic heterocycles. The van der Waals surface area contributed by atoms with Crippen LogP contribution in [0.5, 0.6) is 5.75 Å². The van der Waals surface area contributed by atoms with Crippen molar-refractivity contribution in [2.45, 2.75) is 13.0 Å². The SMILES string of the molecule is CCNC(c1ccccc1Cl)c1ccncc1OC. The van der Waals surface area contributed by atoms with Gasteiger partial charge in [-0.05, 0) is 24.2 Å². The molecular formula is C15H17ClN2O. The molecule has 1 unspecified atom stereocenters. The molecule has 1 N–H and O–H groups in total. The van der Waals surface area contributed by atoms with Crippen molar-refractivity contribution >= 4 is 11.6 Å². The first-order valence-corrected chi connectivity index (χ1v) is 6.61. The van der Waals surface area contributed by atoms with Crippen LogP contribution in [0.25, 0.3) is 0 Å². The molecule has 2 rings (SSSR count). The highest BCUT2D eigenvalue weighted by atomic mass is 35.5. The molecule has 0 amide bonds. The van der Waals surface area contributed by atoms with Gasteiger partial charge in [-0.3, -0.25) is 4.98 Å². The summed E-state index contributed by atoms with van der Waals surface area (Å²) in [4.78, 5) is 4.09. The van der Waals surface area contributed by atoms with Crippen LogP contribution in [-0.2, 0) is 0 Å². The van der Waals surface area contributed by atoms with Gasteiger partial charge in [0, 0.05) is 16.8 Å². The Morgan fingerprint density at radius 2 is 2.05 bits per heavy atom. The summed E-state index contributed by atoms with van der Waals surface area (Å²) in [6.45, 7) is 2.90. The lowest BCUT2D eigenvalue weighted by molar-refractivity contribution is 0.402. The molecule has 0 aliphatic rings. The summed E-state index contributed by atoms with van der Waals surface area (Å²) in [5.74, 6) is 0.758. The van der Waals surface area contributed by atoms with Crippen molar-refractivity contribution in [3.8, 4) is 5.75 Å². The zero-order valence-corrected chi connectivity index (χ0v) is 11.8. The molecule has 0 saturated carbocycles. The summed E-state index contributed by atoms with van der Waals surface area (Å²) in [6, 6.07) is 9.79. The van der Waals surface area contributed by atoms with Crippen LogP contribution in [0.1, 0.15) is 24.1 Å². The zero-order chi connectivity index (χ0) is 13.7. The Bertz CT molecular complexity index is 545. The fourth-order valence-corrected chi connectivity index (χ4v) is 2.35. The van der Waals surface area contributed by atoms with E-state index in [9.17, 15) is 0 Å². The molecule has 0 spiro atoms. The largest absolute Gasteiger partial charge is 0.495 e. The van der Waals surface area contributed by atoms with Crippen LogP contribution in [0, 0.1) is 0 Å². The van der Waals surface area contributed by atoms with Gasteiger partial charge in [-0.15, -0.1) is 0 Å². The van der Waals surface area contributed by atoms with E-state index in [-0.39, 0.29) is 6.04 Å².